The quantitative estimate of drug-likeness (QED) is 0.188. The van der Waals surface area contributed by atoms with Crippen LogP contribution in [0.15, 0.2) is 66.7 Å². The SMILES string of the molecule is CC(=O)c1cc(OC(=O)c2ccc(OC(=O)C(C)(C)C)cc2)cc(OC(=O)c2ccc(OC(=O)C(C)(C)C)cc2)c1. The Hall–Kier alpha value is -4.79. The van der Waals surface area contributed by atoms with Crippen LogP contribution in [0.5, 0.6) is 23.0 Å². The summed E-state index contributed by atoms with van der Waals surface area (Å²) in [5, 5.41) is 0. The van der Waals surface area contributed by atoms with Crippen LogP contribution in [-0.2, 0) is 9.59 Å². The summed E-state index contributed by atoms with van der Waals surface area (Å²) in [7, 11) is 0. The fourth-order valence-electron chi connectivity index (χ4n) is 3.06. The highest BCUT2D eigenvalue weighted by Gasteiger charge is 2.25. The maximum atomic E-state index is 12.8. The predicted octanol–water partition coefficient (Wildman–Crippen LogP) is 6.23. The van der Waals surface area contributed by atoms with Crippen molar-refractivity contribution in [3.63, 3.8) is 0 Å². The van der Waals surface area contributed by atoms with Gasteiger partial charge < -0.3 is 18.9 Å². The Morgan fingerprint density at radius 3 is 1.10 bits per heavy atom. The topological polar surface area (TPSA) is 122 Å². The number of rotatable bonds is 7. The van der Waals surface area contributed by atoms with Gasteiger partial charge in [-0.25, -0.2) is 9.59 Å². The van der Waals surface area contributed by atoms with Crippen LogP contribution in [0.4, 0.5) is 0 Å². The molecule has 3 aromatic carbocycles. The second-order valence-electron chi connectivity index (χ2n) is 11.4. The molecule has 9 nitrogen and oxygen atoms in total. The van der Waals surface area contributed by atoms with Crippen molar-refractivity contribution in [1.82, 2.24) is 0 Å². The highest BCUT2D eigenvalue weighted by Crippen LogP contribution is 2.27. The molecule has 0 atom stereocenters. The smallest absolute Gasteiger partial charge is 0.343 e. The summed E-state index contributed by atoms with van der Waals surface area (Å²) in [6.07, 6.45) is 0. The number of hydrogen-bond acceptors (Lipinski definition) is 9. The molecule has 41 heavy (non-hydrogen) atoms. The Morgan fingerprint density at radius 2 is 0.805 bits per heavy atom. The molecule has 0 heterocycles. The van der Waals surface area contributed by atoms with Gasteiger partial charge in [-0.1, -0.05) is 0 Å². The fourth-order valence-corrected chi connectivity index (χ4v) is 3.06. The van der Waals surface area contributed by atoms with Gasteiger partial charge in [0, 0.05) is 11.6 Å². The van der Waals surface area contributed by atoms with Gasteiger partial charge in [-0.3, -0.25) is 14.4 Å². The molecule has 0 N–H and O–H groups in total. The van der Waals surface area contributed by atoms with E-state index in [2.05, 4.69) is 0 Å². The number of hydrogen-bond donors (Lipinski definition) is 0. The van der Waals surface area contributed by atoms with Crippen LogP contribution in [0.3, 0.4) is 0 Å². The third-order valence-electron chi connectivity index (χ3n) is 5.53. The Balaban J connectivity index is 1.73. The van der Waals surface area contributed by atoms with E-state index in [0.717, 1.165) is 0 Å². The van der Waals surface area contributed by atoms with Gasteiger partial charge in [-0.15, -0.1) is 0 Å². The van der Waals surface area contributed by atoms with Crippen molar-refractivity contribution in [2.45, 2.75) is 48.5 Å². The third-order valence-corrected chi connectivity index (χ3v) is 5.53. The molecule has 0 aliphatic heterocycles. The maximum absolute atomic E-state index is 12.8. The second kappa shape index (κ2) is 12.2. The van der Waals surface area contributed by atoms with E-state index in [1.54, 1.807) is 41.5 Å². The van der Waals surface area contributed by atoms with E-state index in [0.29, 0.717) is 0 Å². The van der Waals surface area contributed by atoms with Gasteiger partial charge in [0.2, 0.25) is 0 Å². The van der Waals surface area contributed by atoms with Crippen molar-refractivity contribution in [2.75, 3.05) is 0 Å². The van der Waals surface area contributed by atoms with Crippen LogP contribution in [0, 0.1) is 10.8 Å². The number of Topliss-reactive ketones (excluding diaryl/α,β-unsaturated/α-hetero) is 1. The first-order chi connectivity index (χ1) is 19.0. The fraction of sp³-hybridized carbons (Fsp3) is 0.281. The first-order valence-corrected chi connectivity index (χ1v) is 12.8. The molecule has 3 rings (SSSR count). The largest absolute Gasteiger partial charge is 0.426 e. The van der Waals surface area contributed by atoms with Gasteiger partial charge in [-0.05, 0) is 109 Å². The lowest BCUT2D eigenvalue weighted by atomic mass is 9.97. The summed E-state index contributed by atoms with van der Waals surface area (Å²) in [5.74, 6) is -2.14. The lowest BCUT2D eigenvalue weighted by molar-refractivity contribution is -0.143. The van der Waals surface area contributed by atoms with Gasteiger partial charge in [0.15, 0.2) is 5.78 Å². The van der Waals surface area contributed by atoms with Crippen molar-refractivity contribution in [1.29, 1.82) is 0 Å². The lowest BCUT2D eigenvalue weighted by Crippen LogP contribution is -2.25. The zero-order valence-electron chi connectivity index (χ0n) is 24.0. The van der Waals surface area contributed by atoms with E-state index >= 15 is 0 Å². The predicted molar refractivity (Wildman–Crippen MR) is 149 cm³/mol. The Labute approximate surface area is 238 Å². The van der Waals surface area contributed by atoms with Gasteiger partial charge in [-0.2, -0.15) is 0 Å². The number of carbonyl (C=O) groups is 5. The van der Waals surface area contributed by atoms with Crippen LogP contribution >= 0.6 is 0 Å². The molecule has 0 bridgehead atoms. The molecular weight excluding hydrogens is 528 g/mol. The molecule has 214 valence electrons. The number of ketones is 1. The van der Waals surface area contributed by atoms with E-state index in [1.807, 2.05) is 0 Å². The highest BCUT2D eigenvalue weighted by molar-refractivity contribution is 5.97. The molecule has 0 unspecified atom stereocenters. The van der Waals surface area contributed by atoms with Gasteiger partial charge in [0.25, 0.3) is 0 Å². The van der Waals surface area contributed by atoms with Crippen molar-refractivity contribution < 1.29 is 42.9 Å². The molecule has 0 saturated heterocycles. The van der Waals surface area contributed by atoms with Gasteiger partial charge in [0.1, 0.15) is 23.0 Å². The summed E-state index contributed by atoms with van der Waals surface area (Å²) >= 11 is 0. The van der Waals surface area contributed by atoms with E-state index in [4.69, 9.17) is 18.9 Å². The van der Waals surface area contributed by atoms with Gasteiger partial charge >= 0.3 is 23.9 Å². The van der Waals surface area contributed by atoms with Crippen LogP contribution in [0.1, 0.15) is 79.5 Å². The molecule has 0 radical (unpaired) electrons. The number of carbonyl (C=O) groups excluding carboxylic acids is 5. The number of ether oxygens (including phenoxy) is 4. The Morgan fingerprint density at radius 1 is 0.463 bits per heavy atom. The summed E-state index contributed by atoms with van der Waals surface area (Å²) in [6, 6.07) is 15.6. The third kappa shape index (κ3) is 8.60. The Kier molecular flexibility index (Phi) is 9.12. The maximum Gasteiger partial charge on any atom is 0.343 e. The van der Waals surface area contributed by atoms with E-state index in [-0.39, 0.29) is 45.5 Å². The zero-order valence-corrected chi connectivity index (χ0v) is 24.0. The van der Waals surface area contributed by atoms with Gasteiger partial charge in [0.05, 0.1) is 22.0 Å². The first-order valence-electron chi connectivity index (χ1n) is 12.8. The first kappa shape index (κ1) is 30.7. The minimum Gasteiger partial charge on any atom is -0.426 e. The van der Waals surface area contributed by atoms with Crippen molar-refractivity contribution in [3.8, 4) is 23.0 Å². The molecule has 9 heteroatoms. The Bertz CT molecular complexity index is 1370. The summed E-state index contributed by atoms with van der Waals surface area (Å²) in [5.41, 5.74) is -0.887. The average molecular weight is 561 g/mol. The second-order valence-corrected chi connectivity index (χ2v) is 11.4. The van der Waals surface area contributed by atoms with Crippen molar-refractivity contribution >= 4 is 29.7 Å². The summed E-state index contributed by atoms with van der Waals surface area (Å²) in [6.45, 7) is 11.7. The minimum absolute atomic E-state index is 0.0156. The molecule has 0 fully saturated rings. The normalized spacial score (nSPS) is 11.3. The van der Waals surface area contributed by atoms with E-state index in [9.17, 15) is 24.0 Å². The standard InChI is InChI=1S/C32H32O9/c1-19(33)22-16-25(38-27(34)20-8-12-23(13-9-20)40-29(36)31(2,3)4)18-26(17-22)39-28(35)21-10-14-24(15-11-21)41-30(37)32(5,6)7/h8-18H,1-7H3. The lowest BCUT2D eigenvalue weighted by Gasteiger charge is -2.16. The molecule has 0 amide bonds. The molecule has 0 aromatic heterocycles. The van der Waals surface area contributed by atoms with Crippen LogP contribution in [0.2, 0.25) is 0 Å². The van der Waals surface area contributed by atoms with E-state index in [1.165, 1.54) is 73.7 Å². The number of esters is 4. The molecule has 0 aliphatic carbocycles. The summed E-state index contributed by atoms with van der Waals surface area (Å²) in [4.78, 5) is 61.7. The monoisotopic (exact) mass is 560 g/mol. The van der Waals surface area contributed by atoms with Crippen LogP contribution in [-0.4, -0.2) is 29.7 Å². The zero-order chi connectivity index (χ0) is 30.5. The van der Waals surface area contributed by atoms with Crippen molar-refractivity contribution in [3.05, 3.63) is 83.4 Å². The molecular formula is C32H32O9. The highest BCUT2D eigenvalue weighted by atomic mass is 16.6. The van der Waals surface area contributed by atoms with Crippen LogP contribution < -0.4 is 18.9 Å². The minimum atomic E-state index is -0.739. The average Bonchev–Trinajstić information content (AvgIpc) is 2.88. The molecule has 0 spiro atoms. The molecule has 0 saturated carbocycles. The van der Waals surface area contributed by atoms with Crippen molar-refractivity contribution in [2.24, 2.45) is 10.8 Å². The molecule has 3 aromatic rings. The summed E-state index contributed by atoms with van der Waals surface area (Å²) < 4.78 is 21.5. The van der Waals surface area contributed by atoms with E-state index < -0.39 is 34.7 Å². The van der Waals surface area contributed by atoms with Crippen LogP contribution in [0.25, 0.3) is 0 Å². The molecule has 0 aliphatic rings. The number of benzene rings is 3.